The van der Waals surface area contributed by atoms with Gasteiger partial charge in [-0.15, -0.1) is 0 Å². The van der Waals surface area contributed by atoms with Gasteiger partial charge in [-0.1, -0.05) is 35.9 Å². The number of hydrogen-bond acceptors (Lipinski definition) is 5. The Morgan fingerprint density at radius 1 is 1.09 bits per heavy atom. The first-order valence-corrected chi connectivity index (χ1v) is 12.6. The van der Waals surface area contributed by atoms with E-state index in [-0.39, 0.29) is 23.9 Å². The number of benzene rings is 2. The van der Waals surface area contributed by atoms with Gasteiger partial charge in [-0.2, -0.15) is 0 Å². The first kappa shape index (κ1) is 26.3. The molecule has 2 aromatic rings. The molecule has 2 rings (SSSR count). The van der Waals surface area contributed by atoms with Crippen LogP contribution < -0.4 is 9.62 Å². The highest BCUT2D eigenvalue weighted by Crippen LogP contribution is 2.21. The number of carbonyl (C=O) groups excluding carboxylic acids is 3. The van der Waals surface area contributed by atoms with Crippen molar-refractivity contribution in [3.63, 3.8) is 0 Å². The minimum atomic E-state index is -3.87. The number of likely N-dealkylation sites (N-methyl/N-ethyl adjacent to an activating group) is 1. The van der Waals surface area contributed by atoms with E-state index in [0.29, 0.717) is 17.1 Å². The molecule has 0 saturated heterocycles. The van der Waals surface area contributed by atoms with Crippen molar-refractivity contribution in [2.45, 2.75) is 33.4 Å². The quantitative estimate of drug-likeness (QED) is 0.512. The Bertz CT molecular complexity index is 1120. The molecule has 0 aromatic heterocycles. The van der Waals surface area contributed by atoms with Crippen molar-refractivity contribution in [1.29, 1.82) is 0 Å². The first-order valence-electron chi connectivity index (χ1n) is 10.3. The van der Waals surface area contributed by atoms with E-state index in [1.165, 1.54) is 24.0 Å². The van der Waals surface area contributed by atoms with Crippen LogP contribution >= 0.6 is 11.6 Å². The molecule has 2 amide bonds. The molecule has 0 unspecified atom stereocenters. The van der Waals surface area contributed by atoms with Crippen LogP contribution in [0, 0.1) is 0 Å². The molecule has 0 aliphatic carbocycles. The zero-order valence-corrected chi connectivity index (χ0v) is 20.6. The molecular formula is C23H28ClN3O5S. The van der Waals surface area contributed by atoms with Crippen LogP contribution in [0.1, 0.15) is 36.7 Å². The summed E-state index contributed by atoms with van der Waals surface area (Å²) in [6.07, 6.45) is 0.984. The van der Waals surface area contributed by atoms with Crippen molar-refractivity contribution in [2.24, 2.45) is 0 Å². The lowest BCUT2D eigenvalue weighted by Gasteiger charge is -2.31. The van der Waals surface area contributed by atoms with E-state index in [1.807, 2.05) is 0 Å². The molecule has 0 aliphatic rings. The maximum atomic E-state index is 13.4. The molecular weight excluding hydrogens is 466 g/mol. The Balaban J connectivity index is 2.41. The highest BCUT2D eigenvalue weighted by atomic mass is 35.5. The number of anilines is 1. The second kappa shape index (κ2) is 11.3. The SMILES string of the molecule is CCNC(=O)[C@H](C)N(Cc1ccc(Cl)cc1)C(=O)CN(c1cccc(C(C)=O)c1)S(C)(=O)=O. The molecule has 33 heavy (non-hydrogen) atoms. The van der Waals surface area contributed by atoms with Crippen molar-refractivity contribution in [2.75, 3.05) is 23.7 Å². The Morgan fingerprint density at radius 3 is 2.27 bits per heavy atom. The predicted molar refractivity (Wildman–Crippen MR) is 129 cm³/mol. The van der Waals surface area contributed by atoms with E-state index in [4.69, 9.17) is 11.6 Å². The van der Waals surface area contributed by atoms with Crippen molar-refractivity contribution >= 4 is 44.9 Å². The monoisotopic (exact) mass is 493 g/mol. The number of amides is 2. The molecule has 0 spiro atoms. The summed E-state index contributed by atoms with van der Waals surface area (Å²) in [5.74, 6) is -1.16. The maximum absolute atomic E-state index is 13.4. The third-order valence-electron chi connectivity index (χ3n) is 5.00. The van der Waals surface area contributed by atoms with E-state index < -0.39 is 28.5 Å². The standard InChI is InChI=1S/C23H28ClN3O5S/c1-5-25-23(30)16(2)26(14-18-9-11-20(24)12-10-18)22(29)15-27(33(4,31)32)21-8-6-7-19(13-21)17(3)28/h6-13,16H,5,14-15H2,1-4H3,(H,25,30)/t16-/m0/s1. The third kappa shape index (κ3) is 7.30. The number of Topliss-reactive ketones (excluding diaryl/α,β-unsaturated/α-hetero) is 1. The topological polar surface area (TPSA) is 104 Å². The number of rotatable bonds is 10. The second-order valence-corrected chi connectivity index (χ2v) is 9.94. The Morgan fingerprint density at radius 2 is 1.73 bits per heavy atom. The van der Waals surface area contributed by atoms with Gasteiger partial charge in [0.1, 0.15) is 12.6 Å². The van der Waals surface area contributed by atoms with Crippen LogP contribution in [-0.2, 0) is 26.2 Å². The van der Waals surface area contributed by atoms with Crippen LogP contribution in [0.25, 0.3) is 0 Å². The van der Waals surface area contributed by atoms with Crippen LogP contribution in [0.5, 0.6) is 0 Å². The molecule has 0 saturated carbocycles. The molecule has 0 bridgehead atoms. The average Bonchev–Trinajstić information content (AvgIpc) is 2.75. The number of sulfonamides is 1. The van der Waals surface area contributed by atoms with Gasteiger partial charge in [0.15, 0.2) is 5.78 Å². The Kier molecular flexibility index (Phi) is 9.01. The van der Waals surface area contributed by atoms with Gasteiger partial charge in [0.05, 0.1) is 11.9 Å². The summed E-state index contributed by atoms with van der Waals surface area (Å²) in [4.78, 5) is 38.9. The zero-order chi connectivity index (χ0) is 24.8. The van der Waals surface area contributed by atoms with Crippen molar-refractivity contribution in [1.82, 2.24) is 10.2 Å². The van der Waals surface area contributed by atoms with Gasteiger partial charge in [-0.3, -0.25) is 18.7 Å². The molecule has 1 N–H and O–H groups in total. The van der Waals surface area contributed by atoms with E-state index >= 15 is 0 Å². The minimum Gasteiger partial charge on any atom is -0.355 e. The summed E-state index contributed by atoms with van der Waals surface area (Å²) in [6.45, 7) is 4.66. The lowest BCUT2D eigenvalue weighted by atomic mass is 10.1. The van der Waals surface area contributed by atoms with Gasteiger partial charge < -0.3 is 10.2 Å². The molecule has 0 fully saturated rings. The van der Waals surface area contributed by atoms with Gasteiger partial charge in [0.2, 0.25) is 21.8 Å². The molecule has 10 heteroatoms. The number of nitrogens with one attached hydrogen (secondary N) is 1. The molecule has 0 heterocycles. The van der Waals surface area contributed by atoms with Gasteiger partial charge >= 0.3 is 0 Å². The smallest absolute Gasteiger partial charge is 0.244 e. The Labute approximate surface area is 199 Å². The van der Waals surface area contributed by atoms with Crippen LogP contribution in [0.3, 0.4) is 0 Å². The lowest BCUT2D eigenvalue weighted by molar-refractivity contribution is -0.139. The molecule has 1 atom stereocenters. The summed E-state index contributed by atoms with van der Waals surface area (Å²) in [5, 5.41) is 3.22. The summed E-state index contributed by atoms with van der Waals surface area (Å²) in [6, 6.07) is 12.0. The number of ketones is 1. The average molecular weight is 494 g/mol. The fraction of sp³-hybridized carbons (Fsp3) is 0.348. The minimum absolute atomic E-state index is 0.0827. The predicted octanol–water partition coefficient (Wildman–Crippen LogP) is 2.86. The van der Waals surface area contributed by atoms with Crippen molar-refractivity contribution in [3.05, 3.63) is 64.7 Å². The largest absolute Gasteiger partial charge is 0.355 e. The highest BCUT2D eigenvalue weighted by molar-refractivity contribution is 7.92. The highest BCUT2D eigenvalue weighted by Gasteiger charge is 2.30. The third-order valence-corrected chi connectivity index (χ3v) is 6.40. The number of halogens is 1. The molecule has 0 radical (unpaired) electrons. The van der Waals surface area contributed by atoms with Crippen LogP contribution in [-0.4, -0.2) is 56.3 Å². The van der Waals surface area contributed by atoms with Crippen LogP contribution in [0.4, 0.5) is 5.69 Å². The fourth-order valence-electron chi connectivity index (χ4n) is 3.18. The van der Waals surface area contributed by atoms with Crippen molar-refractivity contribution in [3.8, 4) is 0 Å². The molecule has 178 valence electrons. The number of nitrogens with zero attached hydrogens (tertiary/aromatic N) is 2. The van der Waals surface area contributed by atoms with E-state index in [1.54, 1.807) is 50.2 Å². The fourth-order valence-corrected chi connectivity index (χ4v) is 4.15. The van der Waals surface area contributed by atoms with Gasteiger partial charge in [-0.25, -0.2) is 8.42 Å². The number of hydrogen-bond donors (Lipinski definition) is 1. The summed E-state index contributed by atoms with van der Waals surface area (Å²) in [5.41, 5.74) is 1.24. The van der Waals surface area contributed by atoms with Gasteiger partial charge in [0, 0.05) is 23.7 Å². The van der Waals surface area contributed by atoms with Crippen LogP contribution in [0.15, 0.2) is 48.5 Å². The van der Waals surface area contributed by atoms with Gasteiger partial charge in [0.25, 0.3) is 0 Å². The van der Waals surface area contributed by atoms with Gasteiger partial charge in [-0.05, 0) is 50.6 Å². The summed E-state index contributed by atoms with van der Waals surface area (Å²) in [7, 11) is -3.87. The Hall–Kier alpha value is -2.91. The van der Waals surface area contributed by atoms with Crippen LogP contribution in [0.2, 0.25) is 5.02 Å². The van der Waals surface area contributed by atoms with E-state index in [2.05, 4.69) is 5.32 Å². The van der Waals surface area contributed by atoms with E-state index in [9.17, 15) is 22.8 Å². The summed E-state index contributed by atoms with van der Waals surface area (Å²) >= 11 is 5.94. The second-order valence-electron chi connectivity index (χ2n) is 7.59. The molecule has 8 nitrogen and oxygen atoms in total. The molecule has 2 aromatic carbocycles. The maximum Gasteiger partial charge on any atom is 0.244 e. The lowest BCUT2D eigenvalue weighted by Crippen LogP contribution is -2.51. The van der Waals surface area contributed by atoms with E-state index in [0.717, 1.165) is 16.1 Å². The van der Waals surface area contributed by atoms with Crippen molar-refractivity contribution < 1.29 is 22.8 Å². The normalized spacial score (nSPS) is 12.0. The molecule has 0 aliphatic heterocycles. The number of carbonyl (C=O) groups is 3. The first-order chi connectivity index (χ1) is 15.4. The summed E-state index contributed by atoms with van der Waals surface area (Å²) < 4.78 is 26.0. The zero-order valence-electron chi connectivity index (χ0n) is 19.0.